The third-order valence-electron chi connectivity index (χ3n) is 5.73. The van der Waals surface area contributed by atoms with Gasteiger partial charge in [0.2, 0.25) is 0 Å². The number of pyridine rings is 2. The van der Waals surface area contributed by atoms with Gasteiger partial charge in [-0.1, -0.05) is 12.1 Å². The first kappa shape index (κ1) is 20.6. The van der Waals surface area contributed by atoms with E-state index in [4.69, 9.17) is 14.5 Å². The quantitative estimate of drug-likeness (QED) is 0.489. The fraction of sp³-hybridized carbons (Fsp3) is 0.261. The van der Waals surface area contributed by atoms with Gasteiger partial charge in [-0.3, -0.25) is 10.1 Å². The van der Waals surface area contributed by atoms with E-state index in [0.29, 0.717) is 18.1 Å². The highest BCUT2D eigenvalue weighted by Crippen LogP contribution is 2.36. The van der Waals surface area contributed by atoms with Gasteiger partial charge in [0.15, 0.2) is 0 Å². The summed E-state index contributed by atoms with van der Waals surface area (Å²) in [6.45, 7) is 4.15. The van der Waals surface area contributed by atoms with Crippen molar-refractivity contribution < 1.29 is 8.95 Å². The van der Waals surface area contributed by atoms with Crippen LogP contribution in [-0.2, 0) is 14.5 Å². The standard InChI is InChI=1S/C23H24N6O2S/c1-15-14-31-11-10-29(15)21-13-19(16-4-3-5-17(12-16)32(2,24)30)18-6-8-25-23(22(18)27-21)20-7-9-26-28-20/h3-9,12-13,15,24H,10-11,14H2,1-2H3,(H,26,28)/t15-,32?/m1/s1. The van der Waals surface area contributed by atoms with Crippen LogP contribution in [-0.4, -0.2) is 56.4 Å². The molecule has 32 heavy (non-hydrogen) atoms. The number of anilines is 1. The van der Waals surface area contributed by atoms with Crippen molar-refractivity contribution in [3.8, 4) is 22.5 Å². The van der Waals surface area contributed by atoms with E-state index in [9.17, 15) is 4.21 Å². The van der Waals surface area contributed by atoms with Crippen molar-refractivity contribution in [2.75, 3.05) is 30.9 Å². The summed E-state index contributed by atoms with van der Waals surface area (Å²) >= 11 is 0. The highest BCUT2D eigenvalue weighted by Gasteiger charge is 2.23. The van der Waals surface area contributed by atoms with E-state index >= 15 is 0 Å². The van der Waals surface area contributed by atoms with Crippen molar-refractivity contribution in [1.82, 2.24) is 20.2 Å². The van der Waals surface area contributed by atoms with Gasteiger partial charge in [-0.2, -0.15) is 5.10 Å². The van der Waals surface area contributed by atoms with Gasteiger partial charge < -0.3 is 9.64 Å². The molecule has 0 saturated carbocycles. The summed E-state index contributed by atoms with van der Waals surface area (Å²) in [5.41, 5.74) is 4.12. The predicted octanol–water partition coefficient (Wildman–Crippen LogP) is 3.95. The van der Waals surface area contributed by atoms with Crippen LogP contribution in [0.5, 0.6) is 0 Å². The average molecular weight is 449 g/mol. The number of hydrogen-bond acceptors (Lipinski definition) is 7. The second-order valence-electron chi connectivity index (χ2n) is 8.04. The summed E-state index contributed by atoms with van der Waals surface area (Å²) in [5, 5.41) is 8.00. The van der Waals surface area contributed by atoms with Crippen LogP contribution in [0.2, 0.25) is 0 Å². The maximum atomic E-state index is 12.4. The molecule has 4 heterocycles. The number of nitrogens with zero attached hydrogens (tertiary/aromatic N) is 4. The van der Waals surface area contributed by atoms with Gasteiger partial charge in [0.1, 0.15) is 17.0 Å². The SMILES string of the molecule is C[C@@H]1COCCN1c1cc(-c2cccc(S(C)(=N)=O)c2)c2ccnc(-c3ccn[nH]3)c2n1. The minimum Gasteiger partial charge on any atom is -0.377 e. The molecule has 0 aliphatic carbocycles. The zero-order valence-corrected chi connectivity index (χ0v) is 18.7. The Morgan fingerprint density at radius 2 is 2.09 bits per heavy atom. The number of hydrogen-bond donors (Lipinski definition) is 2. The summed E-state index contributed by atoms with van der Waals surface area (Å²) in [6, 6.07) is 13.5. The number of H-pyrrole nitrogens is 1. The number of aromatic amines is 1. The van der Waals surface area contributed by atoms with Crippen molar-refractivity contribution in [1.29, 1.82) is 4.78 Å². The van der Waals surface area contributed by atoms with Crippen LogP contribution in [0.4, 0.5) is 5.82 Å². The topological polar surface area (TPSA) is 108 Å². The molecule has 164 valence electrons. The summed E-state index contributed by atoms with van der Waals surface area (Å²) in [7, 11) is -2.84. The maximum Gasteiger partial charge on any atom is 0.130 e. The number of nitrogens with one attached hydrogen (secondary N) is 2. The third kappa shape index (κ3) is 3.74. The lowest BCUT2D eigenvalue weighted by Gasteiger charge is -2.34. The molecule has 0 amide bonds. The number of rotatable bonds is 4. The van der Waals surface area contributed by atoms with Gasteiger partial charge in [-0.15, -0.1) is 0 Å². The first-order valence-corrected chi connectivity index (χ1v) is 12.4. The summed E-state index contributed by atoms with van der Waals surface area (Å²) in [5.74, 6) is 0.838. The lowest BCUT2D eigenvalue weighted by molar-refractivity contribution is 0.0986. The van der Waals surface area contributed by atoms with E-state index in [2.05, 4.69) is 33.1 Å². The van der Waals surface area contributed by atoms with Gasteiger partial charge in [-0.25, -0.2) is 14.0 Å². The number of benzene rings is 1. The maximum absolute atomic E-state index is 12.4. The lowest BCUT2D eigenvalue weighted by Crippen LogP contribution is -2.44. The highest BCUT2D eigenvalue weighted by molar-refractivity contribution is 7.91. The first-order chi connectivity index (χ1) is 15.4. The minimum atomic E-state index is -2.84. The van der Waals surface area contributed by atoms with E-state index < -0.39 is 9.73 Å². The fourth-order valence-corrected chi connectivity index (χ4v) is 4.77. The zero-order valence-electron chi connectivity index (χ0n) is 17.9. The molecule has 1 unspecified atom stereocenters. The minimum absolute atomic E-state index is 0.183. The molecule has 1 saturated heterocycles. The molecule has 4 aromatic rings. The molecule has 1 aromatic carbocycles. The van der Waals surface area contributed by atoms with Crippen LogP contribution >= 0.6 is 0 Å². The number of ether oxygens (including phenoxy) is 1. The van der Waals surface area contributed by atoms with E-state index in [1.54, 1.807) is 18.5 Å². The van der Waals surface area contributed by atoms with Gasteiger partial charge in [-0.05, 0) is 48.4 Å². The normalized spacial score (nSPS) is 18.6. The Bertz CT molecular complexity index is 1390. The summed E-state index contributed by atoms with van der Waals surface area (Å²) < 4.78 is 26.1. The number of morpholine rings is 1. The second-order valence-corrected chi connectivity index (χ2v) is 10.2. The van der Waals surface area contributed by atoms with Crippen molar-refractivity contribution in [3.05, 3.63) is 54.9 Å². The largest absolute Gasteiger partial charge is 0.377 e. The van der Waals surface area contributed by atoms with Crippen LogP contribution in [0.25, 0.3) is 33.4 Å². The number of aromatic nitrogens is 4. The average Bonchev–Trinajstić information content (AvgIpc) is 3.32. The van der Waals surface area contributed by atoms with Crippen LogP contribution in [0.15, 0.2) is 59.8 Å². The highest BCUT2D eigenvalue weighted by atomic mass is 32.2. The van der Waals surface area contributed by atoms with Crippen molar-refractivity contribution in [3.63, 3.8) is 0 Å². The molecule has 3 aromatic heterocycles. The van der Waals surface area contributed by atoms with Gasteiger partial charge in [0.25, 0.3) is 0 Å². The van der Waals surface area contributed by atoms with E-state index in [1.807, 2.05) is 30.3 Å². The third-order valence-corrected chi connectivity index (χ3v) is 6.88. The molecule has 0 radical (unpaired) electrons. The van der Waals surface area contributed by atoms with Crippen LogP contribution in [0.3, 0.4) is 0 Å². The summed E-state index contributed by atoms with van der Waals surface area (Å²) in [4.78, 5) is 12.4. The Labute approximate surface area is 186 Å². The Balaban J connectivity index is 1.79. The molecular weight excluding hydrogens is 424 g/mol. The van der Waals surface area contributed by atoms with Gasteiger partial charge in [0, 0.05) is 35.5 Å². The molecule has 0 spiro atoms. The lowest BCUT2D eigenvalue weighted by atomic mass is 10.00. The monoisotopic (exact) mass is 448 g/mol. The first-order valence-electron chi connectivity index (χ1n) is 10.4. The van der Waals surface area contributed by atoms with Gasteiger partial charge in [0.05, 0.1) is 34.7 Å². The van der Waals surface area contributed by atoms with Gasteiger partial charge >= 0.3 is 0 Å². The Hall–Kier alpha value is -3.30. The second kappa shape index (κ2) is 7.99. The molecule has 1 aliphatic rings. The van der Waals surface area contributed by atoms with E-state index in [-0.39, 0.29) is 6.04 Å². The van der Waals surface area contributed by atoms with Crippen molar-refractivity contribution in [2.24, 2.45) is 0 Å². The predicted molar refractivity (Wildman–Crippen MR) is 125 cm³/mol. The molecule has 1 aliphatic heterocycles. The molecule has 9 heteroatoms. The zero-order chi connectivity index (χ0) is 22.3. The van der Waals surface area contributed by atoms with Crippen molar-refractivity contribution >= 4 is 26.4 Å². The fourth-order valence-electron chi connectivity index (χ4n) is 4.08. The van der Waals surface area contributed by atoms with E-state index in [0.717, 1.165) is 45.8 Å². The summed E-state index contributed by atoms with van der Waals surface area (Å²) in [6.07, 6.45) is 4.90. The Kier molecular flexibility index (Phi) is 5.15. The molecule has 1 fully saturated rings. The van der Waals surface area contributed by atoms with Crippen LogP contribution in [0.1, 0.15) is 6.92 Å². The Morgan fingerprint density at radius 1 is 1.22 bits per heavy atom. The molecule has 0 bridgehead atoms. The van der Waals surface area contributed by atoms with Crippen molar-refractivity contribution in [2.45, 2.75) is 17.9 Å². The molecule has 2 N–H and O–H groups in total. The molecule has 8 nitrogen and oxygen atoms in total. The molecule has 5 rings (SSSR count). The van der Waals surface area contributed by atoms with Crippen LogP contribution < -0.4 is 4.90 Å². The Morgan fingerprint density at radius 3 is 2.84 bits per heavy atom. The smallest absolute Gasteiger partial charge is 0.130 e. The van der Waals surface area contributed by atoms with E-state index in [1.165, 1.54) is 6.26 Å². The molecular formula is C23H24N6O2S. The van der Waals surface area contributed by atoms with Crippen LogP contribution in [0, 0.1) is 4.78 Å². The molecule has 2 atom stereocenters. The number of fused-ring (bicyclic) bond motifs is 1.